The number of benzene rings is 1. The van der Waals surface area contributed by atoms with E-state index in [1.807, 2.05) is 36.1 Å². The quantitative estimate of drug-likeness (QED) is 0.807. The van der Waals surface area contributed by atoms with Gasteiger partial charge in [0.2, 0.25) is 0 Å². The zero-order valence-corrected chi connectivity index (χ0v) is 14.6. The maximum Gasteiger partial charge on any atom is 0.253 e. The van der Waals surface area contributed by atoms with Crippen molar-refractivity contribution in [3.05, 3.63) is 45.8 Å². The van der Waals surface area contributed by atoms with Crippen LogP contribution in [0.25, 0.3) is 0 Å². The van der Waals surface area contributed by atoms with E-state index in [9.17, 15) is 4.79 Å². The van der Waals surface area contributed by atoms with E-state index in [0.29, 0.717) is 23.7 Å². The van der Waals surface area contributed by atoms with Crippen molar-refractivity contribution in [3.8, 4) is 5.75 Å². The highest BCUT2D eigenvalue weighted by molar-refractivity contribution is 9.10. The van der Waals surface area contributed by atoms with Crippen molar-refractivity contribution >= 4 is 21.8 Å². The molecule has 1 aromatic carbocycles. The lowest BCUT2D eigenvalue weighted by Crippen LogP contribution is -2.35. The van der Waals surface area contributed by atoms with Gasteiger partial charge in [0.1, 0.15) is 12.4 Å². The zero-order valence-electron chi connectivity index (χ0n) is 13.0. The summed E-state index contributed by atoms with van der Waals surface area (Å²) in [7, 11) is 0. The highest BCUT2D eigenvalue weighted by atomic mass is 79.9. The fraction of sp³-hybridized carbons (Fsp3) is 0.412. The van der Waals surface area contributed by atoms with E-state index in [0.717, 1.165) is 36.1 Å². The van der Waals surface area contributed by atoms with Gasteiger partial charge in [-0.15, -0.1) is 0 Å². The number of carbonyl (C=O) groups is 1. The molecule has 2 aromatic rings. The number of aromatic nitrogens is 1. The lowest BCUT2D eigenvalue weighted by molar-refractivity contribution is 0.0724. The fourth-order valence-electron chi connectivity index (χ4n) is 2.66. The molecule has 0 spiro atoms. The third-order valence-corrected chi connectivity index (χ3v) is 4.49. The highest BCUT2D eigenvalue weighted by Gasteiger charge is 2.19. The summed E-state index contributed by atoms with van der Waals surface area (Å²) in [6, 6.07) is 7.27. The Hall–Kier alpha value is -1.82. The van der Waals surface area contributed by atoms with Crippen LogP contribution >= 0.6 is 15.9 Å². The second-order valence-electron chi connectivity index (χ2n) is 5.72. The van der Waals surface area contributed by atoms with E-state index in [-0.39, 0.29) is 5.91 Å². The van der Waals surface area contributed by atoms with Crippen molar-refractivity contribution in [3.63, 3.8) is 0 Å². The summed E-state index contributed by atoms with van der Waals surface area (Å²) in [5, 5.41) is 3.82. The molecular weight excluding hydrogens is 360 g/mol. The molecule has 5 nitrogen and oxygen atoms in total. The first-order valence-corrected chi connectivity index (χ1v) is 8.56. The van der Waals surface area contributed by atoms with Gasteiger partial charge < -0.3 is 14.2 Å². The molecule has 6 heteroatoms. The summed E-state index contributed by atoms with van der Waals surface area (Å²) < 4.78 is 11.6. The second-order valence-corrected chi connectivity index (χ2v) is 6.58. The van der Waals surface area contributed by atoms with Crippen LogP contribution in [0.3, 0.4) is 0 Å². The molecule has 2 heterocycles. The first-order chi connectivity index (χ1) is 11.1. The second kappa shape index (κ2) is 7.17. The zero-order chi connectivity index (χ0) is 16.2. The lowest BCUT2D eigenvalue weighted by Gasteiger charge is -2.26. The molecular formula is C17H19BrN2O3. The van der Waals surface area contributed by atoms with Crippen LogP contribution < -0.4 is 4.74 Å². The monoisotopic (exact) mass is 378 g/mol. The average Bonchev–Trinajstić information content (AvgIpc) is 2.99. The number of carbonyl (C=O) groups excluding carboxylic acids is 1. The normalized spacial score (nSPS) is 14.8. The summed E-state index contributed by atoms with van der Waals surface area (Å²) in [6.07, 6.45) is 3.39. The van der Waals surface area contributed by atoms with Crippen LogP contribution in [-0.4, -0.2) is 29.1 Å². The Kier molecular flexibility index (Phi) is 5.00. The van der Waals surface area contributed by atoms with Gasteiger partial charge in [0.25, 0.3) is 5.91 Å². The molecule has 0 atom stereocenters. The van der Waals surface area contributed by atoms with Crippen molar-refractivity contribution in [1.82, 2.24) is 10.1 Å². The Labute approximate surface area is 143 Å². The summed E-state index contributed by atoms with van der Waals surface area (Å²) in [5.74, 6) is 1.43. The topological polar surface area (TPSA) is 55.6 Å². The Morgan fingerprint density at radius 1 is 1.30 bits per heavy atom. The number of hydrogen-bond donors (Lipinski definition) is 0. The first kappa shape index (κ1) is 16.1. The largest absolute Gasteiger partial charge is 0.484 e. The van der Waals surface area contributed by atoms with Crippen molar-refractivity contribution in [1.29, 1.82) is 0 Å². The van der Waals surface area contributed by atoms with Gasteiger partial charge in [0.15, 0.2) is 5.76 Å². The highest BCUT2D eigenvalue weighted by Crippen LogP contribution is 2.28. The first-order valence-electron chi connectivity index (χ1n) is 7.77. The van der Waals surface area contributed by atoms with Crippen LogP contribution in [-0.2, 0) is 6.61 Å². The lowest BCUT2D eigenvalue weighted by atomic mass is 10.1. The van der Waals surface area contributed by atoms with E-state index in [4.69, 9.17) is 9.26 Å². The number of aryl methyl sites for hydroxylation is 1. The number of amides is 1. The number of likely N-dealkylation sites (tertiary alicyclic amines) is 1. The molecule has 1 aliphatic rings. The SMILES string of the molecule is Cc1cc(COc2ccc(C(=O)N3CCCCC3)cc2Br)on1. The van der Waals surface area contributed by atoms with Crippen LogP contribution in [0.5, 0.6) is 5.75 Å². The van der Waals surface area contributed by atoms with Crippen molar-refractivity contribution < 1.29 is 14.1 Å². The van der Waals surface area contributed by atoms with Crippen LogP contribution in [0.15, 0.2) is 33.3 Å². The minimum atomic E-state index is 0.0859. The molecule has 0 unspecified atom stereocenters. The van der Waals surface area contributed by atoms with Crippen molar-refractivity contribution in [2.75, 3.05) is 13.1 Å². The smallest absolute Gasteiger partial charge is 0.253 e. The molecule has 122 valence electrons. The van der Waals surface area contributed by atoms with Gasteiger partial charge in [-0.05, 0) is 60.3 Å². The maximum absolute atomic E-state index is 12.5. The van der Waals surface area contributed by atoms with Crippen LogP contribution in [0.2, 0.25) is 0 Å². The molecule has 0 radical (unpaired) electrons. The number of rotatable bonds is 4. The number of piperidine rings is 1. The van der Waals surface area contributed by atoms with Gasteiger partial charge in [-0.1, -0.05) is 5.16 Å². The molecule has 1 fully saturated rings. The van der Waals surface area contributed by atoms with E-state index in [1.165, 1.54) is 6.42 Å². The molecule has 23 heavy (non-hydrogen) atoms. The number of hydrogen-bond acceptors (Lipinski definition) is 4. The molecule has 3 rings (SSSR count). The number of nitrogens with zero attached hydrogens (tertiary/aromatic N) is 2. The van der Waals surface area contributed by atoms with E-state index in [1.54, 1.807) is 0 Å². The fourth-order valence-corrected chi connectivity index (χ4v) is 3.16. The third-order valence-electron chi connectivity index (χ3n) is 3.87. The minimum Gasteiger partial charge on any atom is -0.484 e. The van der Waals surface area contributed by atoms with E-state index < -0.39 is 0 Å². The van der Waals surface area contributed by atoms with Crippen LogP contribution in [0.4, 0.5) is 0 Å². The summed E-state index contributed by atoms with van der Waals surface area (Å²) >= 11 is 3.48. The number of halogens is 1. The molecule has 0 bridgehead atoms. The molecule has 0 N–H and O–H groups in total. The molecule has 1 aromatic heterocycles. The third kappa shape index (κ3) is 3.93. The Morgan fingerprint density at radius 2 is 2.09 bits per heavy atom. The van der Waals surface area contributed by atoms with Crippen LogP contribution in [0.1, 0.15) is 41.1 Å². The molecule has 0 aliphatic carbocycles. The standard InChI is InChI=1S/C17H19BrN2O3/c1-12-9-14(23-19-12)11-22-16-6-5-13(10-15(16)18)17(21)20-7-3-2-4-8-20/h5-6,9-10H,2-4,7-8,11H2,1H3. The van der Waals surface area contributed by atoms with Gasteiger partial charge in [-0.25, -0.2) is 0 Å². The molecule has 1 aliphatic heterocycles. The minimum absolute atomic E-state index is 0.0859. The summed E-state index contributed by atoms with van der Waals surface area (Å²) in [6.45, 7) is 3.86. The van der Waals surface area contributed by atoms with Crippen molar-refractivity contribution in [2.24, 2.45) is 0 Å². The summed E-state index contributed by atoms with van der Waals surface area (Å²) in [4.78, 5) is 14.4. The van der Waals surface area contributed by atoms with Gasteiger partial charge in [-0.3, -0.25) is 4.79 Å². The molecule has 1 saturated heterocycles. The average molecular weight is 379 g/mol. The van der Waals surface area contributed by atoms with Crippen LogP contribution in [0, 0.1) is 6.92 Å². The van der Waals surface area contributed by atoms with E-state index >= 15 is 0 Å². The van der Waals surface area contributed by atoms with Crippen molar-refractivity contribution in [2.45, 2.75) is 32.8 Å². The maximum atomic E-state index is 12.5. The van der Waals surface area contributed by atoms with Gasteiger partial charge in [0.05, 0.1) is 10.2 Å². The molecule has 1 amide bonds. The van der Waals surface area contributed by atoms with Gasteiger partial charge in [0, 0.05) is 24.7 Å². The summed E-state index contributed by atoms with van der Waals surface area (Å²) in [5.41, 5.74) is 1.51. The van der Waals surface area contributed by atoms with Gasteiger partial charge in [-0.2, -0.15) is 0 Å². The van der Waals surface area contributed by atoms with Gasteiger partial charge >= 0.3 is 0 Å². The van der Waals surface area contributed by atoms with E-state index in [2.05, 4.69) is 21.1 Å². The Balaban J connectivity index is 1.66. The number of ether oxygens (including phenoxy) is 1. The predicted octanol–water partition coefficient (Wildman–Crippen LogP) is 3.95. The predicted molar refractivity (Wildman–Crippen MR) is 89.5 cm³/mol. The Bertz CT molecular complexity index is 693. The Morgan fingerprint density at radius 3 is 2.74 bits per heavy atom. The molecule has 0 saturated carbocycles.